The molecule has 5 heteroatoms. The predicted octanol–water partition coefficient (Wildman–Crippen LogP) is 3.16. The molecular formula is C14H22N2O2S. The molecule has 0 amide bonds. The fraction of sp³-hybridized carbons (Fsp3) is 0.714. The Morgan fingerprint density at radius 1 is 1.37 bits per heavy atom. The van der Waals surface area contributed by atoms with E-state index >= 15 is 0 Å². The van der Waals surface area contributed by atoms with Crippen LogP contribution in [0.3, 0.4) is 0 Å². The summed E-state index contributed by atoms with van der Waals surface area (Å²) in [6.45, 7) is 3.75. The van der Waals surface area contributed by atoms with Gasteiger partial charge in [-0.3, -0.25) is 4.79 Å². The van der Waals surface area contributed by atoms with Crippen LogP contribution in [0, 0.1) is 0 Å². The van der Waals surface area contributed by atoms with Gasteiger partial charge in [0.1, 0.15) is 5.82 Å². The van der Waals surface area contributed by atoms with E-state index in [2.05, 4.69) is 9.97 Å². The van der Waals surface area contributed by atoms with E-state index in [1.54, 1.807) is 0 Å². The van der Waals surface area contributed by atoms with Crippen molar-refractivity contribution in [1.82, 2.24) is 9.97 Å². The number of H-pyrrole nitrogens is 1. The number of aromatic amines is 1. The average molecular weight is 282 g/mol. The van der Waals surface area contributed by atoms with Gasteiger partial charge in [-0.05, 0) is 18.8 Å². The topological polar surface area (TPSA) is 66.0 Å². The van der Waals surface area contributed by atoms with Crippen molar-refractivity contribution in [3.63, 3.8) is 0 Å². The van der Waals surface area contributed by atoms with Crippen LogP contribution >= 0.6 is 11.8 Å². The van der Waals surface area contributed by atoms with Crippen molar-refractivity contribution in [2.24, 2.45) is 0 Å². The fourth-order valence-corrected chi connectivity index (χ4v) is 3.73. The molecule has 2 N–H and O–H groups in total. The molecule has 1 heterocycles. The molecule has 106 valence electrons. The molecule has 4 nitrogen and oxygen atoms in total. The molecule has 1 fully saturated rings. The van der Waals surface area contributed by atoms with Crippen LogP contribution in [-0.4, -0.2) is 20.3 Å². The molecule has 1 saturated carbocycles. The first kappa shape index (κ1) is 14.4. The molecule has 1 aliphatic carbocycles. The number of thioether (sulfide) groups is 1. The molecule has 0 saturated heterocycles. The molecule has 2 rings (SSSR count). The van der Waals surface area contributed by atoms with Gasteiger partial charge < -0.3 is 10.1 Å². The summed E-state index contributed by atoms with van der Waals surface area (Å²) < 4.78 is 0. The maximum atomic E-state index is 11.9. The Hall–Kier alpha value is -0.970. The van der Waals surface area contributed by atoms with E-state index in [0.717, 1.165) is 0 Å². The highest BCUT2D eigenvalue weighted by Gasteiger charge is 2.17. The van der Waals surface area contributed by atoms with Crippen LogP contribution in [-0.2, 0) is 5.75 Å². The second kappa shape index (κ2) is 6.46. The molecule has 0 radical (unpaired) electrons. The van der Waals surface area contributed by atoms with Gasteiger partial charge in [-0.25, -0.2) is 0 Å². The van der Waals surface area contributed by atoms with Gasteiger partial charge in [-0.15, -0.1) is 0 Å². The first-order valence-electron chi connectivity index (χ1n) is 7.01. The minimum atomic E-state index is -0.207. The Bertz CT molecular complexity index is 479. The Labute approximate surface area is 118 Å². The number of rotatable bonds is 4. The quantitative estimate of drug-likeness (QED) is 0.890. The van der Waals surface area contributed by atoms with Gasteiger partial charge in [0.05, 0.1) is 11.3 Å². The number of nitrogens with zero attached hydrogens (tertiary/aromatic N) is 1. The summed E-state index contributed by atoms with van der Waals surface area (Å²) in [7, 11) is 0. The Kier molecular flexibility index (Phi) is 4.91. The Morgan fingerprint density at radius 3 is 2.63 bits per heavy atom. The van der Waals surface area contributed by atoms with Gasteiger partial charge in [0.25, 0.3) is 5.56 Å². The molecule has 1 aromatic heterocycles. The summed E-state index contributed by atoms with van der Waals surface area (Å²) in [5, 5.41) is 10.5. The minimum absolute atomic E-state index is 0.0173. The van der Waals surface area contributed by atoms with Crippen molar-refractivity contribution in [2.75, 3.05) is 0 Å². The van der Waals surface area contributed by atoms with E-state index < -0.39 is 0 Å². The van der Waals surface area contributed by atoms with Gasteiger partial charge in [0.2, 0.25) is 5.88 Å². The highest BCUT2D eigenvalue weighted by Crippen LogP contribution is 2.30. The summed E-state index contributed by atoms with van der Waals surface area (Å²) in [6, 6.07) is 0. The molecule has 0 atom stereocenters. The van der Waals surface area contributed by atoms with E-state index in [1.807, 2.05) is 25.6 Å². The number of aromatic hydroxyl groups is 1. The second-order valence-electron chi connectivity index (χ2n) is 5.48. The summed E-state index contributed by atoms with van der Waals surface area (Å²) in [6.07, 6.45) is 6.46. The standard InChI is InChI=1S/C14H22N2O2S/c1-9(2)12-13(17)15-11(16-14(12)18)8-19-10-6-4-3-5-7-10/h9-10H,3-8H2,1-2H3,(H2,15,16,17,18). The van der Waals surface area contributed by atoms with Crippen LogP contribution in [0.15, 0.2) is 4.79 Å². The third kappa shape index (κ3) is 3.75. The molecule has 0 aliphatic heterocycles. The van der Waals surface area contributed by atoms with Crippen LogP contribution in [0.2, 0.25) is 0 Å². The van der Waals surface area contributed by atoms with Crippen molar-refractivity contribution in [1.29, 1.82) is 0 Å². The van der Waals surface area contributed by atoms with Gasteiger partial charge in [-0.2, -0.15) is 16.7 Å². The van der Waals surface area contributed by atoms with Crippen LogP contribution in [0.1, 0.15) is 63.3 Å². The Balaban J connectivity index is 2.03. The lowest BCUT2D eigenvalue weighted by atomic mass is 10.0. The summed E-state index contributed by atoms with van der Waals surface area (Å²) in [4.78, 5) is 18.8. The van der Waals surface area contributed by atoms with Crippen LogP contribution < -0.4 is 5.56 Å². The van der Waals surface area contributed by atoms with Crippen molar-refractivity contribution in [3.05, 3.63) is 21.7 Å². The molecule has 1 aliphatic rings. The fourth-order valence-electron chi connectivity index (χ4n) is 2.53. The lowest BCUT2D eigenvalue weighted by molar-refractivity contribution is 0.437. The highest BCUT2D eigenvalue weighted by molar-refractivity contribution is 7.99. The number of hydrogen-bond donors (Lipinski definition) is 2. The summed E-state index contributed by atoms with van der Waals surface area (Å²) in [5.74, 6) is 1.13. The van der Waals surface area contributed by atoms with Gasteiger partial charge in [-0.1, -0.05) is 33.1 Å². The number of nitrogens with one attached hydrogen (secondary N) is 1. The zero-order valence-corrected chi connectivity index (χ0v) is 12.4. The average Bonchev–Trinajstić information content (AvgIpc) is 2.36. The molecule has 0 spiro atoms. The molecule has 19 heavy (non-hydrogen) atoms. The first-order valence-corrected chi connectivity index (χ1v) is 8.06. The molecular weight excluding hydrogens is 260 g/mol. The lowest BCUT2D eigenvalue weighted by Gasteiger charge is -2.20. The monoisotopic (exact) mass is 282 g/mol. The Morgan fingerprint density at radius 2 is 2.05 bits per heavy atom. The van der Waals surface area contributed by atoms with Crippen LogP contribution in [0.4, 0.5) is 0 Å². The highest BCUT2D eigenvalue weighted by atomic mass is 32.2. The molecule has 0 unspecified atom stereocenters. The summed E-state index contributed by atoms with van der Waals surface area (Å²) >= 11 is 1.84. The van der Waals surface area contributed by atoms with Crippen molar-refractivity contribution < 1.29 is 5.11 Å². The maximum absolute atomic E-state index is 11.9. The third-order valence-corrected chi connectivity index (χ3v) is 4.95. The van der Waals surface area contributed by atoms with Crippen molar-refractivity contribution >= 4 is 11.8 Å². The van der Waals surface area contributed by atoms with E-state index in [9.17, 15) is 9.90 Å². The second-order valence-corrected chi connectivity index (χ2v) is 6.76. The normalized spacial score (nSPS) is 17.0. The smallest absolute Gasteiger partial charge is 0.258 e. The minimum Gasteiger partial charge on any atom is -0.493 e. The predicted molar refractivity (Wildman–Crippen MR) is 78.8 cm³/mol. The van der Waals surface area contributed by atoms with Gasteiger partial charge in [0, 0.05) is 5.25 Å². The van der Waals surface area contributed by atoms with Crippen molar-refractivity contribution in [3.8, 4) is 5.88 Å². The van der Waals surface area contributed by atoms with Crippen molar-refractivity contribution in [2.45, 2.75) is 62.9 Å². The summed E-state index contributed by atoms with van der Waals surface area (Å²) in [5.41, 5.74) is 0.174. The van der Waals surface area contributed by atoms with E-state index in [1.165, 1.54) is 32.1 Å². The first-order chi connectivity index (χ1) is 9.08. The third-order valence-electron chi connectivity index (χ3n) is 3.57. The lowest BCUT2D eigenvalue weighted by Crippen LogP contribution is -2.18. The molecule has 0 aromatic carbocycles. The van der Waals surface area contributed by atoms with Gasteiger partial charge >= 0.3 is 0 Å². The van der Waals surface area contributed by atoms with E-state index in [4.69, 9.17) is 0 Å². The van der Waals surface area contributed by atoms with Crippen LogP contribution in [0.25, 0.3) is 0 Å². The van der Waals surface area contributed by atoms with E-state index in [0.29, 0.717) is 22.4 Å². The van der Waals surface area contributed by atoms with Crippen LogP contribution in [0.5, 0.6) is 5.88 Å². The number of hydrogen-bond acceptors (Lipinski definition) is 4. The van der Waals surface area contributed by atoms with E-state index in [-0.39, 0.29) is 17.4 Å². The zero-order chi connectivity index (χ0) is 13.8. The van der Waals surface area contributed by atoms with Gasteiger partial charge in [0.15, 0.2) is 0 Å². The maximum Gasteiger partial charge on any atom is 0.258 e. The zero-order valence-electron chi connectivity index (χ0n) is 11.6. The molecule has 1 aromatic rings. The SMILES string of the molecule is CC(C)c1c(O)nc(CSC2CCCCC2)[nH]c1=O. The largest absolute Gasteiger partial charge is 0.493 e. The molecule has 0 bridgehead atoms. The number of aromatic nitrogens is 2.